The number of hydrogen-bond donors (Lipinski definition) is 1. The van der Waals surface area contributed by atoms with E-state index < -0.39 is 6.36 Å². The predicted octanol–water partition coefficient (Wildman–Crippen LogP) is 1.49. The van der Waals surface area contributed by atoms with E-state index in [9.17, 15) is 4.39 Å². The Morgan fingerprint density at radius 2 is 2.20 bits per heavy atom. The van der Waals surface area contributed by atoms with Gasteiger partial charge in [0, 0.05) is 5.92 Å². The molecule has 0 aliphatic heterocycles. The first-order chi connectivity index (χ1) is 4.77. The molecule has 4 atom stereocenters. The molecule has 10 heavy (non-hydrogen) atoms. The SMILES string of the molecule is OC(F)C1CC2C=CC1C2. The van der Waals surface area contributed by atoms with Crippen LogP contribution >= 0.6 is 0 Å². The Labute approximate surface area is 59.6 Å². The molecule has 1 fully saturated rings. The van der Waals surface area contributed by atoms with Crippen molar-refractivity contribution in [3.8, 4) is 0 Å². The van der Waals surface area contributed by atoms with Crippen LogP contribution in [-0.4, -0.2) is 11.5 Å². The van der Waals surface area contributed by atoms with Crippen LogP contribution in [-0.2, 0) is 0 Å². The number of hydrogen-bond acceptors (Lipinski definition) is 1. The molecule has 0 radical (unpaired) electrons. The number of alkyl halides is 1. The van der Waals surface area contributed by atoms with Crippen LogP contribution in [0.25, 0.3) is 0 Å². The average molecular weight is 142 g/mol. The first kappa shape index (κ1) is 6.35. The minimum absolute atomic E-state index is 0.102. The number of allylic oxidation sites excluding steroid dienone is 2. The zero-order valence-corrected chi connectivity index (χ0v) is 5.70. The fourth-order valence-corrected chi connectivity index (χ4v) is 2.14. The minimum Gasteiger partial charge on any atom is -0.364 e. The topological polar surface area (TPSA) is 20.2 Å². The van der Waals surface area contributed by atoms with E-state index >= 15 is 0 Å². The summed E-state index contributed by atoms with van der Waals surface area (Å²) in [5.41, 5.74) is 0. The normalized spacial score (nSPS) is 46.4. The third-order valence-corrected chi connectivity index (χ3v) is 2.68. The van der Waals surface area contributed by atoms with Crippen molar-refractivity contribution in [3.63, 3.8) is 0 Å². The molecule has 2 aliphatic rings. The van der Waals surface area contributed by atoms with Gasteiger partial charge in [0.05, 0.1) is 0 Å². The maximum absolute atomic E-state index is 12.4. The van der Waals surface area contributed by atoms with Crippen molar-refractivity contribution < 1.29 is 9.50 Å². The summed E-state index contributed by atoms with van der Waals surface area (Å²) in [6.45, 7) is 0. The highest BCUT2D eigenvalue weighted by atomic mass is 19.1. The van der Waals surface area contributed by atoms with Gasteiger partial charge < -0.3 is 5.11 Å². The molecule has 1 nitrogen and oxygen atoms in total. The Balaban J connectivity index is 2.09. The van der Waals surface area contributed by atoms with Crippen LogP contribution in [0, 0.1) is 17.8 Å². The Morgan fingerprint density at radius 3 is 2.50 bits per heavy atom. The highest BCUT2D eigenvalue weighted by molar-refractivity contribution is 5.10. The molecular weight excluding hydrogens is 131 g/mol. The lowest BCUT2D eigenvalue weighted by Crippen LogP contribution is -2.19. The molecule has 0 aromatic heterocycles. The summed E-state index contributed by atoms with van der Waals surface area (Å²) in [5.74, 6) is 0.778. The Hall–Kier alpha value is -0.370. The van der Waals surface area contributed by atoms with Gasteiger partial charge in [0.25, 0.3) is 0 Å². The molecule has 0 aromatic carbocycles. The van der Waals surface area contributed by atoms with Crippen LogP contribution in [0.2, 0.25) is 0 Å². The minimum atomic E-state index is -1.60. The smallest absolute Gasteiger partial charge is 0.199 e. The quantitative estimate of drug-likeness (QED) is 0.550. The molecule has 1 N–H and O–H groups in total. The largest absolute Gasteiger partial charge is 0.364 e. The highest BCUT2D eigenvalue weighted by Crippen LogP contribution is 2.44. The molecule has 0 aromatic rings. The van der Waals surface area contributed by atoms with Crippen molar-refractivity contribution in [1.29, 1.82) is 0 Å². The van der Waals surface area contributed by atoms with Gasteiger partial charge in [0.2, 0.25) is 0 Å². The molecule has 4 unspecified atom stereocenters. The molecule has 2 aliphatic carbocycles. The molecule has 0 saturated heterocycles. The van der Waals surface area contributed by atoms with E-state index in [0.29, 0.717) is 11.8 Å². The lowest BCUT2D eigenvalue weighted by molar-refractivity contribution is -0.0206. The summed E-state index contributed by atoms with van der Waals surface area (Å²) < 4.78 is 12.4. The van der Waals surface area contributed by atoms with Gasteiger partial charge in [0.1, 0.15) is 0 Å². The first-order valence-corrected chi connectivity index (χ1v) is 3.78. The monoisotopic (exact) mass is 142 g/mol. The lowest BCUT2D eigenvalue weighted by Gasteiger charge is -2.17. The molecular formula is C8H11FO. The Morgan fingerprint density at radius 1 is 1.40 bits per heavy atom. The standard InChI is InChI=1S/C8H11FO/c9-8(10)7-4-5-1-2-6(7)3-5/h1-2,5-8,10H,3-4H2. The van der Waals surface area contributed by atoms with Crippen LogP contribution in [0.15, 0.2) is 12.2 Å². The zero-order valence-electron chi connectivity index (χ0n) is 5.70. The molecule has 0 spiro atoms. The van der Waals surface area contributed by atoms with Gasteiger partial charge in [-0.15, -0.1) is 0 Å². The van der Waals surface area contributed by atoms with E-state index in [2.05, 4.69) is 6.08 Å². The van der Waals surface area contributed by atoms with Crippen molar-refractivity contribution >= 4 is 0 Å². The van der Waals surface area contributed by atoms with Crippen LogP contribution in [0.5, 0.6) is 0 Å². The molecule has 0 heterocycles. The van der Waals surface area contributed by atoms with Crippen molar-refractivity contribution in [2.24, 2.45) is 17.8 Å². The Bertz CT molecular complexity index is 165. The zero-order chi connectivity index (χ0) is 7.14. The first-order valence-electron chi connectivity index (χ1n) is 3.78. The third kappa shape index (κ3) is 0.788. The van der Waals surface area contributed by atoms with Crippen LogP contribution < -0.4 is 0 Å². The van der Waals surface area contributed by atoms with Gasteiger partial charge in [0.15, 0.2) is 6.36 Å². The molecule has 2 heteroatoms. The van der Waals surface area contributed by atoms with E-state index in [1.54, 1.807) is 0 Å². The maximum Gasteiger partial charge on any atom is 0.199 e. The average Bonchev–Trinajstić information content (AvgIpc) is 2.44. The summed E-state index contributed by atoms with van der Waals surface area (Å²) in [6, 6.07) is 0. The Kier molecular flexibility index (Phi) is 1.31. The fraction of sp³-hybridized carbons (Fsp3) is 0.750. The molecule has 0 amide bonds. The van der Waals surface area contributed by atoms with E-state index in [1.165, 1.54) is 0 Å². The molecule has 1 saturated carbocycles. The van der Waals surface area contributed by atoms with Crippen molar-refractivity contribution in [2.45, 2.75) is 19.2 Å². The van der Waals surface area contributed by atoms with E-state index in [0.717, 1.165) is 12.8 Å². The number of fused-ring (bicyclic) bond motifs is 2. The molecule has 2 bridgehead atoms. The summed E-state index contributed by atoms with van der Waals surface area (Å²) >= 11 is 0. The van der Waals surface area contributed by atoms with Gasteiger partial charge in [-0.3, -0.25) is 0 Å². The van der Waals surface area contributed by atoms with Crippen LogP contribution in [0.3, 0.4) is 0 Å². The number of halogens is 1. The second kappa shape index (κ2) is 2.06. The van der Waals surface area contributed by atoms with Gasteiger partial charge >= 0.3 is 0 Å². The van der Waals surface area contributed by atoms with Gasteiger partial charge in [-0.05, 0) is 24.7 Å². The number of rotatable bonds is 1. The predicted molar refractivity (Wildman–Crippen MR) is 36.0 cm³/mol. The number of aliphatic hydroxyl groups is 1. The maximum atomic E-state index is 12.4. The van der Waals surface area contributed by atoms with E-state index in [1.807, 2.05) is 6.08 Å². The second-order valence-corrected chi connectivity index (χ2v) is 3.32. The van der Waals surface area contributed by atoms with E-state index in [4.69, 9.17) is 5.11 Å². The second-order valence-electron chi connectivity index (χ2n) is 3.32. The third-order valence-electron chi connectivity index (χ3n) is 2.68. The van der Waals surface area contributed by atoms with Crippen molar-refractivity contribution in [3.05, 3.63) is 12.2 Å². The summed E-state index contributed by atoms with van der Waals surface area (Å²) in [6.07, 6.45) is 4.50. The van der Waals surface area contributed by atoms with Crippen molar-refractivity contribution in [1.82, 2.24) is 0 Å². The summed E-state index contributed by atoms with van der Waals surface area (Å²) in [4.78, 5) is 0. The summed E-state index contributed by atoms with van der Waals surface area (Å²) in [5, 5.41) is 8.67. The van der Waals surface area contributed by atoms with E-state index in [-0.39, 0.29) is 5.92 Å². The number of aliphatic hydroxyl groups excluding tert-OH is 1. The van der Waals surface area contributed by atoms with Gasteiger partial charge in [-0.25, -0.2) is 4.39 Å². The molecule has 2 rings (SSSR count). The summed E-state index contributed by atoms with van der Waals surface area (Å²) in [7, 11) is 0. The van der Waals surface area contributed by atoms with Crippen molar-refractivity contribution in [2.75, 3.05) is 0 Å². The van der Waals surface area contributed by atoms with Crippen LogP contribution in [0.1, 0.15) is 12.8 Å². The van der Waals surface area contributed by atoms with Gasteiger partial charge in [-0.2, -0.15) is 0 Å². The van der Waals surface area contributed by atoms with Gasteiger partial charge in [-0.1, -0.05) is 12.2 Å². The molecule has 56 valence electrons. The lowest BCUT2D eigenvalue weighted by atomic mass is 9.94. The highest BCUT2D eigenvalue weighted by Gasteiger charge is 2.39. The van der Waals surface area contributed by atoms with Crippen LogP contribution in [0.4, 0.5) is 4.39 Å². The fourth-order valence-electron chi connectivity index (χ4n) is 2.14.